The Morgan fingerprint density at radius 2 is 2.38 bits per heavy atom. The quantitative estimate of drug-likeness (QED) is 0.941. The zero-order valence-electron chi connectivity index (χ0n) is 12.2. The molecule has 1 saturated heterocycles. The molecule has 0 bridgehead atoms. The Kier molecular flexibility index (Phi) is 4.63. The van der Waals surface area contributed by atoms with E-state index in [4.69, 9.17) is 0 Å². The van der Waals surface area contributed by atoms with Crippen molar-refractivity contribution in [1.82, 2.24) is 15.2 Å². The van der Waals surface area contributed by atoms with Gasteiger partial charge in [-0.05, 0) is 31.0 Å². The molecule has 0 radical (unpaired) electrons. The van der Waals surface area contributed by atoms with Crippen LogP contribution in [0.4, 0.5) is 4.39 Å². The van der Waals surface area contributed by atoms with Gasteiger partial charge in [-0.25, -0.2) is 9.37 Å². The van der Waals surface area contributed by atoms with Gasteiger partial charge in [0.15, 0.2) is 0 Å². The van der Waals surface area contributed by atoms with Crippen molar-refractivity contribution in [2.24, 2.45) is 0 Å². The zero-order valence-corrected chi connectivity index (χ0v) is 13.0. The number of benzene rings is 1. The fourth-order valence-electron chi connectivity index (χ4n) is 2.87. The van der Waals surface area contributed by atoms with Crippen LogP contribution >= 0.6 is 11.3 Å². The SMILES string of the molecule is Cc1ncsc1CCN1CCNCC1c1cccc(F)c1. The molecule has 0 saturated carbocycles. The molecule has 1 aliphatic rings. The molecule has 0 amide bonds. The maximum atomic E-state index is 13.5. The number of nitrogens with one attached hydrogen (secondary N) is 1. The Labute approximate surface area is 128 Å². The Bertz CT molecular complexity index is 599. The first-order valence-electron chi connectivity index (χ1n) is 7.33. The zero-order chi connectivity index (χ0) is 14.7. The van der Waals surface area contributed by atoms with Crippen molar-refractivity contribution in [1.29, 1.82) is 0 Å². The van der Waals surface area contributed by atoms with Crippen LogP contribution in [0.2, 0.25) is 0 Å². The Morgan fingerprint density at radius 1 is 1.48 bits per heavy atom. The molecule has 3 nitrogen and oxygen atoms in total. The maximum Gasteiger partial charge on any atom is 0.123 e. The third-order valence-corrected chi connectivity index (χ3v) is 5.05. The smallest absolute Gasteiger partial charge is 0.123 e. The Morgan fingerprint density at radius 3 is 3.14 bits per heavy atom. The van der Waals surface area contributed by atoms with Gasteiger partial charge in [-0.2, -0.15) is 0 Å². The molecule has 5 heteroatoms. The summed E-state index contributed by atoms with van der Waals surface area (Å²) < 4.78 is 13.5. The lowest BCUT2D eigenvalue weighted by atomic mass is 10.0. The molecule has 2 aromatic rings. The molecule has 0 spiro atoms. The monoisotopic (exact) mass is 305 g/mol. The van der Waals surface area contributed by atoms with Gasteiger partial charge in [0.25, 0.3) is 0 Å². The molecule has 0 aliphatic carbocycles. The fourth-order valence-corrected chi connectivity index (χ4v) is 3.64. The molecular weight excluding hydrogens is 285 g/mol. The highest BCUT2D eigenvalue weighted by molar-refractivity contribution is 7.09. The number of hydrogen-bond donors (Lipinski definition) is 1. The van der Waals surface area contributed by atoms with Crippen LogP contribution in [0.3, 0.4) is 0 Å². The van der Waals surface area contributed by atoms with Gasteiger partial charge in [0.05, 0.1) is 11.2 Å². The summed E-state index contributed by atoms with van der Waals surface area (Å²) in [6.07, 6.45) is 1.02. The molecule has 112 valence electrons. The van der Waals surface area contributed by atoms with Crippen molar-refractivity contribution in [3.8, 4) is 0 Å². The lowest BCUT2D eigenvalue weighted by Crippen LogP contribution is -2.46. The van der Waals surface area contributed by atoms with Gasteiger partial charge in [0.2, 0.25) is 0 Å². The van der Waals surface area contributed by atoms with E-state index in [-0.39, 0.29) is 11.9 Å². The summed E-state index contributed by atoms with van der Waals surface area (Å²) in [5.41, 5.74) is 4.10. The third kappa shape index (κ3) is 3.48. The van der Waals surface area contributed by atoms with Crippen molar-refractivity contribution >= 4 is 11.3 Å². The second-order valence-electron chi connectivity index (χ2n) is 5.42. The van der Waals surface area contributed by atoms with Gasteiger partial charge in [-0.3, -0.25) is 4.90 Å². The van der Waals surface area contributed by atoms with E-state index in [1.165, 1.54) is 10.9 Å². The van der Waals surface area contributed by atoms with Crippen LogP contribution in [-0.2, 0) is 6.42 Å². The molecule has 1 N–H and O–H groups in total. The summed E-state index contributed by atoms with van der Waals surface area (Å²) >= 11 is 1.72. The van der Waals surface area contributed by atoms with E-state index in [1.807, 2.05) is 11.6 Å². The lowest BCUT2D eigenvalue weighted by molar-refractivity contribution is 0.164. The minimum atomic E-state index is -0.156. The van der Waals surface area contributed by atoms with E-state index in [2.05, 4.69) is 22.1 Å². The molecule has 1 aliphatic heterocycles. The number of hydrogen-bond acceptors (Lipinski definition) is 4. The number of piperazine rings is 1. The topological polar surface area (TPSA) is 28.2 Å². The Hall–Kier alpha value is -1.30. The van der Waals surface area contributed by atoms with Crippen LogP contribution in [0.25, 0.3) is 0 Å². The van der Waals surface area contributed by atoms with Crippen LogP contribution in [0.15, 0.2) is 29.8 Å². The third-order valence-electron chi connectivity index (χ3n) is 4.06. The van der Waals surface area contributed by atoms with Gasteiger partial charge < -0.3 is 5.32 Å². The molecule has 1 atom stereocenters. The fraction of sp³-hybridized carbons (Fsp3) is 0.438. The van der Waals surface area contributed by atoms with Crippen LogP contribution in [0, 0.1) is 12.7 Å². The average molecular weight is 305 g/mol. The van der Waals surface area contributed by atoms with Crippen molar-refractivity contribution in [3.05, 3.63) is 51.7 Å². The number of halogens is 1. The summed E-state index contributed by atoms with van der Waals surface area (Å²) in [5, 5.41) is 3.41. The molecule has 21 heavy (non-hydrogen) atoms. The number of rotatable bonds is 4. The van der Waals surface area contributed by atoms with E-state index < -0.39 is 0 Å². The Balaban J connectivity index is 1.71. The second kappa shape index (κ2) is 6.64. The number of aromatic nitrogens is 1. The van der Waals surface area contributed by atoms with Gasteiger partial charge in [0.1, 0.15) is 5.82 Å². The number of aryl methyl sites for hydroxylation is 1. The highest BCUT2D eigenvalue weighted by Gasteiger charge is 2.23. The molecule has 2 heterocycles. The van der Waals surface area contributed by atoms with Crippen molar-refractivity contribution in [2.45, 2.75) is 19.4 Å². The van der Waals surface area contributed by atoms with E-state index in [1.54, 1.807) is 23.5 Å². The second-order valence-corrected chi connectivity index (χ2v) is 6.36. The van der Waals surface area contributed by atoms with Gasteiger partial charge in [-0.1, -0.05) is 12.1 Å². The largest absolute Gasteiger partial charge is 0.314 e. The standard InChI is InChI=1S/C16H20FN3S/c1-12-16(21-11-19-12)5-7-20-8-6-18-10-15(20)13-3-2-4-14(17)9-13/h2-4,9,11,15,18H,5-8,10H2,1H3. The first-order chi connectivity index (χ1) is 10.2. The normalized spacial score (nSPS) is 19.8. The van der Waals surface area contributed by atoms with Crippen LogP contribution < -0.4 is 5.32 Å². The summed E-state index contributed by atoms with van der Waals surface area (Å²) in [5.74, 6) is -0.156. The highest BCUT2D eigenvalue weighted by Crippen LogP contribution is 2.24. The van der Waals surface area contributed by atoms with Crippen LogP contribution in [0.5, 0.6) is 0 Å². The average Bonchev–Trinajstić information content (AvgIpc) is 2.91. The molecule has 3 rings (SSSR count). The van der Waals surface area contributed by atoms with E-state index >= 15 is 0 Å². The maximum absolute atomic E-state index is 13.5. The minimum absolute atomic E-state index is 0.156. The molecule has 1 unspecified atom stereocenters. The first kappa shape index (κ1) is 14.6. The summed E-state index contributed by atoms with van der Waals surface area (Å²) in [7, 11) is 0. The van der Waals surface area contributed by atoms with Gasteiger partial charge in [0, 0.05) is 37.1 Å². The van der Waals surface area contributed by atoms with Gasteiger partial charge >= 0.3 is 0 Å². The lowest BCUT2D eigenvalue weighted by Gasteiger charge is -2.36. The predicted molar refractivity (Wildman–Crippen MR) is 84.1 cm³/mol. The highest BCUT2D eigenvalue weighted by atomic mass is 32.1. The van der Waals surface area contributed by atoms with Crippen LogP contribution in [-0.4, -0.2) is 36.1 Å². The number of thiazole rings is 1. The summed E-state index contributed by atoms with van der Waals surface area (Å²) in [6.45, 7) is 5.93. The van der Waals surface area contributed by atoms with Gasteiger partial charge in [-0.15, -0.1) is 11.3 Å². The van der Waals surface area contributed by atoms with Crippen molar-refractivity contribution in [2.75, 3.05) is 26.2 Å². The van der Waals surface area contributed by atoms with Crippen LogP contribution in [0.1, 0.15) is 22.2 Å². The minimum Gasteiger partial charge on any atom is -0.314 e. The summed E-state index contributed by atoms with van der Waals surface area (Å²) in [4.78, 5) is 8.11. The number of nitrogens with zero attached hydrogens (tertiary/aromatic N) is 2. The summed E-state index contributed by atoms with van der Waals surface area (Å²) in [6, 6.07) is 7.23. The predicted octanol–water partition coefficient (Wildman–Crippen LogP) is 2.78. The first-order valence-corrected chi connectivity index (χ1v) is 8.21. The van der Waals surface area contributed by atoms with Crippen molar-refractivity contribution < 1.29 is 4.39 Å². The van der Waals surface area contributed by atoms with E-state index in [0.29, 0.717) is 0 Å². The van der Waals surface area contributed by atoms with E-state index in [0.717, 1.165) is 43.9 Å². The van der Waals surface area contributed by atoms with Crippen molar-refractivity contribution in [3.63, 3.8) is 0 Å². The molecule has 1 aromatic heterocycles. The molecule has 1 aromatic carbocycles. The molecular formula is C16H20FN3S. The molecule has 1 fully saturated rings. The van der Waals surface area contributed by atoms with E-state index in [9.17, 15) is 4.39 Å².